The number of hydrogen-bond donors (Lipinski definition) is 2. The van der Waals surface area contributed by atoms with Gasteiger partial charge in [0.25, 0.3) is 11.8 Å². The van der Waals surface area contributed by atoms with Crippen molar-refractivity contribution in [3.63, 3.8) is 0 Å². The fourth-order valence-corrected chi connectivity index (χ4v) is 3.47. The van der Waals surface area contributed by atoms with E-state index in [1.54, 1.807) is 48.2 Å². The highest BCUT2D eigenvalue weighted by atomic mass is 35.5. The number of hydrogen-bond acceptors (Lipinski definition) is 4. The van der Waals surface area contributed by atoms with Gasteiger partial charge in [0.05, 0.1) is 16.9 Å². The summed E-state index contributed by atoms with van der Waals surface area (Å²) in [5.74, 6) is -0.106. The molecular weight excluding hydrogens is 382 g/mol. The Kier molecular flexibility index (Phi) is 4.68. The minimum atomic E-state index is -0.567. The summed E-state index contributed by atoms with van der Waals surface area (Å²) in [6.45, 7) is 2.22. The summed E-state index contributed by atoms with van der Waals surface area (Å²) in [5.41, 5.74) is 1.84. The number of benzene rings is 2. The van der Waals surface area contributed by atoms with Crippen molar-refractivity contribution in [3.05, 3.63) is 47.0 Å². The molecule has 0 aliphatic carbocycles. The number of carbonyl (C=O) groups excluding carboxylic acids is 3. The van der Waals surface area contributed by atoms with Crippen LogP contribution < -0.4 is 20.3 Å². The Morgan fingerprint density at radius 3 is 2.82 bits per heavy atom. The van der Waals surface area contributed by atoms with Crippen molar-refractivity contribution in [2.24, 2.45) is 0 Å². The van der Waals surface area contributed by atoms with E-state index >= 15 is 0 Å². The molecule has 2 aromatic rings. The van der Waals surface area contributed by atoms with Crippen LogP contribution >= 0.6 is 11.6 Å². The van der Waals surface area contributed by atoms with Crippen LogP contribution in [0.15, 0.2) is 36.4 Å². The molecule has 0 radical (unpaired) electrons. The quantitative estimate of drug-likeness (QED) is 0.827. The summed E-state index contributed by atoms with van der Waals surface area (Å²) in [5, 5.41) is 6.01. The van der Waals surface area contributed by atoms with Gasteiger partial charge in [0, 0.05) is 23.7 Å². The minimum absolute atomic E-state index is 0.0286. The number of nitrogens with zero attached hydrogens (tertiary/aromatic N) is 1. The van der Waals surface area contributed by atoms with Crippen molar-refractivity contribution in [2.45, 2.75) is 25.9 Å². The van der Waals surface area contributed by atoms with E-state index in [0.29, 0.717) is 46.4 Å². The first kappa shape index (κ1) is 18.3. The molecule has 2 N–H and O–H groups in total. The van der Waals surface area contributed by atoms with E-state index in [1.165, 1.54) is 0 Å². The third kappa shape index (κ3) is 3.41. The van der Waals surface area contributed by atoms with Crippen molar-refractivity contribution >= 4 is 46.4 Å². The predicted molar refractivity (Wildman–Crippen MR) is 106 cm³/mol. The Hall–Kier alpha value is -3.06. The van der Waals surface area contributed by atoms with Gasteiger partial charge in [0.15, 0.2) is 6.10 Å². The van der Waals surface area contributed by atoms with Crippen LogP contribution in [0.5, 0.6) is 5.75 Å². The van der Waals surface area contributed by atoms with E-state index in [2.05, 4.69) is 10.6 Å². The Morgan fingerprint density at radius 1 is 1.25 bits per heavy atom. The SMILES string of the molecule is C[C@H]1Oc2ccc(NC(=O)c3ccc(Cl)cc3N3CCCC3=O)cc2NC1=O. The number of carbonyl (C=O) groups is 3. The normalized spacial score (nSPS) is 18.4. The second-order valence-electron chi connectivity index (χ2n) is 6.72. The van der Waals surface area contributed by atoms with Crippen molar-refractivity contribution < 1.29 is 19.1 Å². The maximum Gasteiger partial charge on any atom is 0.265 e. The number of fused-ring (bicyclic) bond motifs is 1. The lowest BCUT2D eigenvalue weighted by Gasteiger charge is -2.24. The van der Waals surface area contributed by atoms with Crippen LogP contribution in [-0.4, -0.2) is 30.4 Å². The third-order valence-corrected chi connectivity index (χ3v) is 4.97. The van der Waals surface area contributed by atoms with Gasteiger partial charge in [-0.3, -0.25) is 14.4 Å². The fourth-order valence-electron chi connectivity index (χ4n) is 3.31. The first-order valence-corrected chi connectivity index (χ1v) is 9.33. The van der Waals surface area contributed by atoms with Crippen LogP contribution in [0, 0.1) is 0 Å². The summed E-state index contributed by atoms with van der Waals surface area (Å²) >= 11 is 6.09. The van der Waals surface area contributed by atoms with Crippen LogP contribution in [0.25, 0.3) is 0 Å². The highest BCUT2D eigenvalue weighted by molar-refractivity contribution is 6.31. The monoisotopic (exact) mass is 399 g/mol. The van der Waals surface area contributed by atoms with E-state index in [4.69, 9.17) is 16.3 Å². The van der Waals surface area contributed by atoms with Gasteiger partial charge in [-0.25, -0.2) is 0 Å². The lowest BCUT2D eigenvalue weighted by atomic mass is 10.1. The number of halogens is 1. The molecule has 2 aliphatic rings. The summed E-state index contributed by atoms with van der Waals surface area (Å²) < 4.78 is 5.52. The van der Waals surface area contributed by atoms with Gasteiger partial charge in [-0.2, -0.15) is 0 Å². The lowest BCUT2D eigenvalue weighted by molar-refractivity contribution is -0.122. The van der Waals surface area contributed by atoms with E-state index in [9.17, 15) is 14.4 Å². The van der Waals surface area contributed by atoms with Gasteiger partial charge in [0.2, 0.25) is 5.91 Å². The van der Waals surface area contributed by atoms with E-state index < -0.39 is 6.10 Å². The molecule has 0 aromatic heterocycles. The Balaban J connectivity index is 1.60. The molecular formula is C20H18ClN3O4. The van der Waals surface area contributed by atoms with Crippen molar-refractivity contribution in [1.29, 1.82) is 0 Å². The summed E-state index contributed by atoms with van der Waals surface area (Å²) in [6.07, 6.45) is 0.633. The number of anilines is 3. The van der Waals surface area contributed by atoms with Gasteiger partial charge in [-0.1, -0.05) is 11.6 Å². The van der Waals surface area contributed by atoms with Crippen molar-refractivity contribution in [1.82, 2.24) is 0 Å². The van der Waals surface area contributed by atoms with E-state index in [0.717, 1.165) is 6.42 Å². The molecule has 3 amide bonds. The van der Waals surface area contributed by atoms with Crippen molar-refractivity contribution in [3.8, 4) is 5.75 Å². The average Bonchev–Trinajstić information content (AvgIpc) is 3.08. The molecule has 28 heavy (non-hydrogen) atoms. The molecule has 2 heterocycles. The number of amides is 3. The third-order valence-electron chi connectivity index (χ3n) is 4.74. The second kappa shape index (κ2) is 7.16. The van der Waals surface area contributed by atoms with Crippen LogP contribution in [0.3, 0.4) is 0 Å². The van der Waals surface area contributed by atoms with Crippen LogP contribution in [0.2, 0.25) is 5.02 Å². The topological polar surface area (TPSA) is 87.7 Å². The van der Waals surface area contributed by atoms with Gasteiger partial charge < -0.3 is 20.3 Å². The number of ether oxygens (including phenoxy) is 1. The second-order valence-corrected chi connectivity index (χ2v) is 7.16. The predicted octanol–water partition coefficient (Wildman–Crippen LogP) is 3.44. The standard InChI is InChI=1S/C20H18ClN3O4/c1-11-19(26)23-15-10-13(5-7-17(15)28-11)22-20(27)14-6-4-12(21)9-16(14)24-8-2-3-18(24)25/h4-7,9-11H,2-3,8H2,1H3,(H,22,27)(H,23,26)/t11-/m1/s1. The molecule has 2 aromatic carbocycles. The molecule has 0 bridgehead atoms. The molecule has 8 heteroatoms. The van der Waals surface area contributed by atoms with Gasteiger partial charge in [-0.15, -0.1) is 0 Å². The fraction of sp³-hybridized carbons (Fsp3) is 0.250. The van der Waals surface area contributed by atoms with Crippen LogP contribution in [-0.2, 0) is 9.59 Å². The molecule has 144 valence electrons. The smallest absolute Gasteiger partial charge is 0.265 e. The molecule has 4 rings (SSSR count). The van der Waals surface area contributed by atoms with Crippen LogP contribution in [0.1, 0.15) is 30.1 Å². The molecule has 0 unspecified atom stereocenters. The highest BCUT2D eigenvalue weighted by Gasteiger charge is 2.27. The molecule has 1 fully saturated rings. The zero-order valence-corrected chi connectivity index (χ0v) is 15.9. The molecule has 2 aliphatic heterocycles. The van der Waals surface area contributed by atoms with Gasteiger partial charge in [-0.05, 0) is 49.7 Å². The van der Waals surface area contributed by atoms with Crippen molar-refractivity contribution in [2.75, 3.05) is 22.1 Å². The number of rotatable bonds is 3. The Morgan fingerprint density at radius 2 is 2.07 bits per heavy atom. The zero-order chi connectivity index (χ0) is 19.8. The highest BCUT2D eigenvalue weighted by Crippen LogP contribution is 2.33. The van der Waals surface area contributed by atoms with E-state index in [1.807, 2.05) is 0 Å². The number of nitrogens with one attached hydrogen (secondary N) is 2. The molecule has 1 saturated heterocycles. The first-order valence-electron chi connectivity index (χ1n) is 8.95. The first-order chi connectivity index (χ1) is 13.4. The Bertz CT molecular complexity index is 991. The maximum absolute atomic E-state index is 12.9. The average molecular weight is 400 g/mol. The Labute approximate surface area is 166 Å². The summed E-state index contributed by atoms with van der Waals surface area (Å²) in [7, 11) is 0. The zero-order valence-electron chi connectivity index (χ0n) is 15.1. The maximum atomic E-state index is 12.9. The summed E-state index contributed by atoms with van der Waals surface area (Å²) in [6, 6.07) is 9.85. The molecule has 0 spiro atoms. The molecule has 1 atom stereocenters. The lowest BCUT2D eigenvalue weighted by Crippen LogP contribution is -2.34. The van der Waals surface area contributed by atoms with E-state index in [-0.39, 0.29) is 17.7 Å². The molecule has 7 nitrogen and oxygen atoms in total. The summed E-state index contributed by atoms with van der Waals surface area (Å²) in [4.78, 5) is 38.4. The minimum Gasteiger partial charge on any atom is -0.479 e. The van der Waals surface area contributed by atoms with Gasteiger partial charge in [0.1, 0.15) is 5.75 Å². The molecule has 0 saturated carbocycles. The largest absolute Gasteiger partial charge is 0.479 e. The van der Waals surface area contributed by atoms with Crippen LogP contribution in [0.4, 0.5) is 17.1 Å². The van der Waals surface area contributed by atoms with Gasteiger partial charge >= 0.3 is 0 Å².